The van der Waals surface area contributed by atoms with Gasteiger partial charge in [-0.3, -0.25) is 4.79 Å². The Morgan fingerprint density at radius 1 is 1.00 bits per heavy atom. The fourth-order valence-corrected chi connectivity index (χ4v) is 2.01. The first kappa shape index (κ1) is 13.3. The fraction of sp³-hybridized carbons (Fsp3) is 0.235. The van der Waals surface area contributed by atoms with Crippen LogP contribution in [0.2, 0.25) is 0 Å². The molecule has 0 aromatic heterocycles. The third kappa shape index (κ3) is 3.02. The molecule has 2 rings (SSSR count). The summed E-state index contributed by atoms with van der Waals surface area (Å²) in [4.78, 5) is 12.4. The van der Waals surface area contributed by atoms with Crippen molar-refractivity contribution in [1.29, 1.82) is 0 Å². The number of benzene rings is 2. The van der Waals surface area contributed by atoms with E-state index in [4.69, 9.17) is 4.74 Å². The molecule has 2 aromatic rings. The maximum absolute atomic E-state index is 12.4. The molecule has 0 heterocycles. The molecule has 98 valence electrons. The highest BCUT2D eigenvalue weighted by molar-refractivity contribution is 6.00. The third-order valence-electron chi connectivity index (χ3n) is 3.35. The molecule has 0 fully saturated rings. The Balaban J connectivity index is 2.20. The van der Waals surface area contributed by atoms with E-state index in [-0.39, 0.29) is 11.7 Å². The number of carbonyl (C=O) groups excluding carboxylic acids is 1. The van der Waals surface area contributed by atoms with Gasteiger partial charge in [0.2, 0.25) is 0 Å². The smallest absolute Gasteiger partial charge is 0.170 e. The van der Waals surface area contributed by atoms with Gasteiger partial charge in [-0.1, -0.05) is 48.9 Å². The molecule has 19 heavy (non-hydrogen) atoms. The number of hydrogen-bond donors (Lipinski definition) is 0. The van der Waals surface area contributed by atoms with Crippen molar-refractivity contribution in [2.45, 2.75) is 19.8 Å². The lowest BCUT2D eigenvalue weighted by Crippen LogP contribution is -2.09. The lowest BCUT2D eigenvalue weighted by molar-refractivity contribution is 0.0966. The van der Waals surface area contributed by atoms with Crippen molar-refractivity contribution < 1.29 is 9.53 Å². The van der Waals surface area contributed by atoms with E-state index < -0.39 is 0 Å². The van der Waals surface area contributed by atoms with Crippen molar-refractivity contribution in [3.63, 3.8) is 0 Å². The molecule has 1 atom stereocenters. The maximum Gasteiger partial charge on any atom is 0.170 e. The van der Waals surface area contributed by atoms with Crippen molar-refractivity contribution in [3.05, 3.63) is 65.2 Å². The van der Waals surface area contributed by atoms with Crippen LogP contribution in [-0.2, 0) is 0 Å². The molecule has 0 radical (unpaired) electrons. The summed E-state index contributed by atoms with van der Waals surface area (Å²) in [6, 6.07) is 15.4. The number of methoxy groups -OCH3 is 1. The number of aryl methyl sites for hydroxylation is 1. The Labute approximate surface area is 114 Å². The SMILES string of the molecule is COc1ccc(C(C)C(=O)c2ccc(C)cc2)cc1. The highest BCUT2D eigenvalue weighted by Crippen LogP contribution is 2.23. The highest BCUT2D eigenvalue weighted by Gasteiger charge is 2.16. The second-order valence-electron chi connectivity index (χ2n) is 4.73. The van der Waals surface area contributed by atoms with Crippen molar-refractivity contribution in [3.8, 4) is 5.75 Å². The molecule has 2 nitrogen and oxygen atoms in total. The highest BCUT2D eigenvalue weighted by atomic mass is 16.5. The van der Waals surface area contributed by atoms with Crippen LogP contribution in [0.5, 0.6) is 5.75 Å². The lowest BCUT2D eigenvalue weighted by Gasteiger charge is -2.11. The van der Waals surface area contributed by atoms with Gasteiger partial charge in [-0.05, 0) is 24.6 Å². The summed E-state index contributed by atoms with van der Waals surface area (Å²) in [5.41, 5.74) is 2.92. The molecule has 0 aliphatic rings. The van der Waals surface area contributed by atoms with E-state index in [1.54, 1.807) is 7.11 Å². The lowest BCUT2D eigenvalue weighted by atomic mass is 9.92. The molecule has 0 bridgehead atoms. The number of Topliss-reactive ketones (excluding diaryl/α,β-unsaturated/α-hetero) is 1. The van der Waals surface area contributed by atoms with Crippen LogP contribution in [0.15, 0.2) is 48.5 Å². The molecule has 1 unspecified atom stereocenters. The van der Waals surface area contributed by atoms with Crippen molar-refractivity contribution in [2.24, 2.45) is 0 Å². The molecule has 0 amide bonds. The molecular formula is C17H18O2. The summed E-state index contributed by atoms with van der Waals surface area (Å²) < 4.78 is 5.12. The number of rotatable bonds is 4. The topological polar surface area (TPSA) is 26.3 Å². The van der Waals surface area contributed by atoms with E-state index in [2.05, 4.69) is 0 Å². The third-order valence-corrected chi connectivity index (χ3v) is 3.35. The number of ether oxygens (including phenoxy) is 1. The number of carbonyl (C=O) groups is 1. The average molecular weight is 254 g/mol. The molecule has 2 heteroatoms. The van der Waals surface area contributed by atoms with Crippen molar-refractivity contribution >= 4 is 5.78 Å². The normalized spacial score (nSPS) is 11.9. The Morgan fingerprint density at radius 2 is 1.58 bits per heavy atom. The quantitative estimate of drug-likeness (QED) is 0.771. The van der Waals surface area contributed by atoms with Crippen LogP contribution in [0.4, 0.5) is 0 Å². The predicted octanol–water partition coefficient (Wildman–Crippen LogP) is 3.99. The minimum Gasteiger partial charge on any atom is -0.497 e. The first-order chi connectivity index (χ1) is 9.11. The Bertz CT molecular complexity index is 553. The summed E-state index contributed by atoms with van der Waals surface area (Å²) in [6.07, 6.45) is 0. The Kier molecular flexibility index (Phi) is 4.00. The molecular weight excluding hydrogens is 236 g/mol. The van der Waals surface area contributed by atoms with Gasteiger partial charge in [0.05, 0.1) is 7.11 Å². The zero-order valence-electron chi connectivity index (χ0n) is 11.5. The largest absolute Gasteiger partial charge is 0.497 e. The van der Waals surface area contributed by atoms with Gasteiger partial charge in [0.1, 0.15) is 5.75 Å². The van der Waals surface area contributed by atoms with Crippen LogP contribution in [0, 0.1) is 6.92 Å². The molecule has 0 saturated heterocycles. The minimum atomic E-state index is -0.145. The first-order valence-electron chi connectivity index (χ1n) is 6.36. The Morgan fingerprint density at radius 3 is 2.11 bits per heavy atom. The van der Waals surface area contributed by atoms with E-state index in [9.17, 15) is 4.79 Å². The number of hydrogen-bond acceptors (Lipinski definition) is 2. The second-order valence-corrected chi connectivity index (χ2v) is 4.73. The van der Waals surface area contributed by atoms with Crippen molar-refractivity contribution in [1.82, 2.24) is 0 Å². The zero-order chi connectivity index (χ0) is 13.8. The van der Waals surface area contributed by atoms with Crippen LogP contribution < -0.4 is 4.74 Å². The molecule has 0 aliphatic carbocycles. The van der Waals surface area contributed by atoms with E-state index >= 15 is 0 Å². The van der Waals surface area contributed by atoms with Crippen molar-refractivity contribution in [2.75, 3.05) is 7.11 Å². The monoisotopic (exact) mass is 254 g/mol. The second kappa shape index (κ2) is 5.70. The van der Waals surface area contributed by atoms with E-state index in [0.717, 1.165) is 22.4 Å². The maximum atomic E-state index is 12.4. The van der Waals surface area contributed by atoms with E-state index in [0.29, 0.717) is 0 Å². The summed E-state index contributed by atoms with van der Waals surface area (Å²) in [6.45, 7) is 3.95. The van der Waals surface area contributed by atoms with E-state index in [1.165, 1.54) is 0 Å². The summed E-state index contributed by atoms with van der Waals surface area (Å²) in [5, 5.41) is 0. The fourth-order valence-electron chi connectivity index (χ4n) is 2.01. The van der Waals surface area contributed by atoms with Gasteiger partial charge >= 0.3 is 0 Å². The molecule has 0 saturated carbocycles. The average Bonchev–Trinajstić information content (AvgIpc) is 2.46. The van der Waals surface area contributed by atoms with Gasteiger partial charge in [-0.25, -0.2) is 0 Å². The predicted molar refractivity (Wildman–Crippen MR) is 76.9 cm³/mol. The number of ketones is 1. The Hall–Kier alpha value is -2.09. The van der Waals surface area contributed by atoms with E-state index in [1.807, 2.05) is 62.4 Å². The van der Waals surface area contributed by atoms with Crippen LogP contribution >= 0.6 is 0 Å². The van der Waals surface area contributed by atoms with Gasteiger partial charge < -0.3 is 4.74 Å². The van der Waals surface area contributed by atoms with Gasteiger partial charge in [0, 0.05) is 11.5 Å². The summed E-state index contributed by atoms with van der Waals surface area (Å²) >= 11 is 0. The minimum absolute atomic E-state index is 0.144. The zero-order valence-corrected chi connectivity index (χ0v) is 11.5. The summed E-state index contributed by atoms with van der Waals surface area (Å²) in [7, 11) is 1.63. The van der Waals surface area contributed by atoms with Crippen LogP contribution in [0.3, 0.4) is 0 Å². The van der Waals surface area contributed by atoms with Gasteiger partial charge in [0.15, 0.2) is 5.78 Å². The van der Waals surface area contributed by atoms with Crippen LogP contribution in [0.1, 0.15) is 34.3 Å². The molecule has 0 spiro atoms. The van der Waals surface area contributed by atoms with Gasteiger partial charge in [-0.15, -0.1) is 0 Å². The molecule has 2 aromatic carbocycles. The summed E-state index contributed by atoms with van der Waals surface area (Å²) in [5.74, 6) is 0.803. The van der Waals surface area contributed by atoms with Gasteiger partial charge in [0.25, 0.3) is 0 Å². The molecule has 0 aliphatic heterocycles. The molecule has 0 N–H and O–H groups in total. The van der Waals surface area contributed by atoms with Crippen LogP contribution in [0.25, 0.3) is 0 Å². The standard InChI is InChI=1S/C17H18O2/c1-12-4-6-15(7-5-12)17(18)13(2)14-8-10-16(19-3)11-9-14/h4-11,13H,1-3H3. The van der Waals surface area contributed by atoms with Gasteiger partial charge in [-0.2, -0.15) is 0 Å². The first-order valence-corrected chi connectivity index (χ1v) is 6.36. The van der Waals surface area contributed by atoms with Crippen LogP contribution in [-0.4, -0.2) is 12.9 Å².